The Morgan fingerprint density at radius 3 is 2.49 bits per heavy atom. The molecule has 9 nitrogen and oxygen atoms in total. The second-order valence-electron chi connectivity index (χ2n) is 8.26. The van der Waals surface area contributed by atoms with Crippen LogP contribution < -0.4 is 15.5 Å². The lowest BCUT2D eigenvalue weighted by Crippen LogP contribution is -2.26. The van der Waals surface area contributed by atoms with Crippen molar-refractivity contribution in [2.75, 3.05) is 19.0 Å². The molecule has 0 bridgehead atoms. The van der Waals surface area contributed by atoms with Crippen molar-refractivity contribution in [1.29, 1.82) is 0 Å². The van der Waals surface area contributed by atoms with Crippen LogP contribution in [0, 0.1) is 11.6 Å². The Bertz CT molecular complexity index is 1580. The molecule has 2 aromatic heterocycles. The predicted molar refractivity (Wildman–Crippen MR) is 142 cm³/mol. The van der Waals surface area contributed by atoms with Gasteiger partial charge in [-0.15, -0.1) is 0 Å². The molecule has 39 heavy (non-hydrogen) atoms. The molecule has 0 saturated heterocycles. The summed E-state index contributed by atoms with van der Waals surface area (Å²) in [7, 11) is 3.15. The molecular formula is C28H23F2N5O4. The first-order valence-corrected chi connectivity index (χ1v) is 11.7. The van der Waals surface area contributed by atoms with Crippen LogP contribution in [0.3, 0.4) is 0 Å². The van der Waals surface area contributed by atoms with E-state index < -0.39 is 23.4 Å². The average molecular weight is 532 g/mol. The lowest BCUT2D eigenvalue weighted by atomic mass is 10.0. The van der Waals surface area contributed by atoms with Crippen LogP contribution in [0.2, 0.25) is 0 Å². The number of aromatic nitrogens is 1. The topological polar surface area (TPSA) is 117 Å². The van der Waals surface area contributed by atoms with Gasteiger partial charge in [-0.2, -0.15) is 0 Å². The molecule has 0 unspecified atom stereocenters. The van der Waals surface area contributed by atoms with Crippen LogP contribution >= 0.6 is 0 Å². The summed E-state index contributed by atoms with van der Waals surface area (Å²) >= 11 is 0. The van der Waals surface area contributed by atoms with Gasteiger partial charge >= 0.3 is 0 Å². The summed E-state index contributed by atoms with van der Waals surface area (Å²) < 4.78 is 32.5. The molecule has 4 aromatic rings. The van der Waals surface area contributed by atoms with E-state index in [4.69, 9.17) is 4.42 Å². The van der Waals surface area contributed by atoms with Crippen molar-refractivity contribution >= 4 is 41.0 Å². The maximum absolute atomic E-state index is 13.5. The van der Waals surface area contributed by atoms with Crippen molar-refractivity contribution in [3.05, 3.63) is 95.6 Å². The number of amides is 2. The van der Waals surface area contributed by atoms with Gasteiger partial charge in [0.05, 0.1) is 30.2 Å². The van der Waals surface area contributed by atoms with E-state index in [1.807, 2.05) is 0 Å². The van der Waals surface area contributed by atoms with Crippen LogP contribution in [-0.4, -0.2) is 43.4 Å². The van der Waals surface area contributed by atoms with Gasteiger partial charge in [0.2, 0.25) is 0 Å². The minimum atomic E-state index is -0.597. The summed E-state index contributed by atoms with van der Waals surface area (Å²) in [5.74, 6) is -1.63. The minimum Gasteiger partial charge on any atom is -0.455 e. The number of carbonyl (C=O) groups is 3. The van der Waals surface area contributed by atoms with Crippen LogP contribution in [0.1, 0.15) is 16.1 Å². The number of pyridine rings is 1. The zero-order chi connectivity index (χ0) is 27.9. The number of hydrogen-bond donors (Lipinski definition) is 2. The summed E-state index contributed by atoms with van der Waals surface area (Å²) in [4.78, 5) is 45.9. The number of carbonyl (C=O) groups excluding carboxylic acids is 3. The Labute approximate surface area is 221 Å². The highest BCUT2D eigenvalue weighted by molar-refractivity contribution is 6.14. The summed E-state index contributed by atoms with van der Waals surface area (Å²) in [6.45, 7) is 0.0133. The third-order valence-corrected chi connectivity index (χ3v) is 5.68. The maximum Gasteiger partial charge on any atom is 0.271 e. The van der Waals surface area contributed by atoms with Gasteiger partial charge in [-0.3, -0.25) is 19.4 Å². The van der Waals surface area contributed by atoms with Gasteiger partial charge in [0.25, 0.3) is 11.8 Å². The summed E-state index contributed by atoms with van der Waals surface area (Å²) in [5.41, 5.74) is 2.14. The fourth-order valence-electron chi connectivity index (χ4n) is 3.75. The van der Waals surface area contributed by atoms with Crippen molar-refractivity contribution in [2.24, 2.45) is 4.99 Å². The molecular weight excluding hydrogens is 508 g/mol. The van der Waals surface area contributed by atoms with Crippen molar-refractivity contribution in [3.63, 3.8) is 0 Å². The second kappa shape index (κ2) is 11.9. The van der Waals surface area contributed by atoms with Crippen molar-refractivity contribution in [3.8, 4) is 11.3 Å². The van der Waals surface area contributed by atoms with Gasteiger partial charge in [0.15, 0.2) is 6.29 Å². The Kier molecular flexibility index (Phi) is 8.20. The van der Waals surface area contributed by atoms with Gasteiger partial charge in [0.1, 0.15) is 28.7 Å². The highest BCUT2D eigenvalue weighted by Crippen LogP contribution is 2.36. The van der Waals surface area contributed by atoms with E-state index in [-0.39, 0.29) is 23.6 Å². The summed E-state index contributed by atoms with van der Waals surface area (Å²) in [6, 6.07) is 13.3. The molecule has 0 aliphatic carbocycles. The number of nitrogens with zero attached hydrogens (tertiary/aromatic N) is 3. The molecule has 0 spiro atoms. The molecule has 11 heteroatoms. The second-order valence-corrected chi connectivity index (χ2v) is 8.26. The molecule has 2 amide bonds. The van der Waals surface area contributed by atoms with Gasteiger partial charge in [-0.1, -0.05) is 0 Å². The summed E-state index contributed by atoms with van der Waals surface area (Å²) in [6.07, 6.45) is 3.83. The quantitative estimate of drug-likeness (QED) is 0.192. The smallest absolute Gasteiger partial charge is 0.271 e. The fraction of sp³-hybridized carbons (Fsp3) is 0.107. The largest absolute Gasteiger partial charge is 0.455 e. The molecule has 0 fully saturated rings. The number of halogens is 2. The number of rotatable bonds is 9. The minimum absolute atomic E-state index is 0.0133. The number of anilines is 1. The normalized spacial score (nSPS) is 11.5. The Balaban J connectivity index is 1.67. The van der Waals surface area contributed by atoms with Crippen molar-refractivity contribution in [1.82, 2.24) is 15.6 Å². The van der Waals surface area contributed by atoms with E-state index >= 15 is 0 Å². The number of hydrogen-bond acceptors (Lipinski definition) is 7. The summed E-state index contributed by atoms with van der Waals surface area (Å²) in [5, 5.41) is 5.73. The molecule has 0 aliphatic rings. The Morgan fingerprint density at radius 2 is 1.82 bits per heavy atom. The van der Waals surface area contributed by atoms with E-state index in [0.29, 0.717) is 34.2 Å². The molecule has 0 aliphatic heterocycles. The van der Waals surface area contributed by atoms with Crippen LogP contribution in [0.15, 0.2) is 82.1 Å². The van der Waals surface area contributed by atoms with E-state index in [1.165, 1.54) is 49.6 Å². The van der Waals surface area contributed by atoms with Gasteiger partial charge in [-0.25, -0.2) is 13.8 Å². The number of aliphatic imine (C=N–C) groups is 1. The Morgan fingerprint density at radius 1 is 1.08 bits per heavy atom. The molecule has 2 heterocycles. The van der Waals surface area contributed by atoms with Gasteiger partial charge in [-0.05, 0) is 54.6 Å². The van der Waals surface area contributed by atoms with Crippen LogP contribution in [-0.2, 0) is 16.1 Å². The van der Waals surface area contributed by atoms with E-state index in [2.05, 4.69) is 20.6 Å². The first kappa shape index (κ1) is 26.9. The molecule has 0 radical (unpaired) electrons. The zero-order valence-corrected chi connectivity index (χ0v) is 20.9. The van der Waals surface area contributed by atoms with Crippen molar-refractivity contribution < 1.29 is 27.6 Å². The fourth-order valence-corrected chi connectivity index (χ4v) is 3.75. The molecule has 198 valence electrons. The van der Waals surface area contributed by atoms with Gasteiger partial charge < -0.3 is 20.0 Å². The number of fused-ring (bicyclic) bond motifs is 1. The average Bonchev–Trinajstić information content (AvgIpc) is 3.33. The van der Waals surface area contributed by atoms with E-state index in [1.54, 1.807) is 30.1 Å². The van der Waals surface area contributed by atoms with E-state index in [9.17, 15) is 23.2 Å². The maximum atomic E-state index is 13.5. The predicted octanol–water partition coefficient (Wildman–Crippen LogP) is 4.00. The molecule has 0 saturated carbocycles. The van der Waals surface area contributed by atoms with Crippen LogP contribution in [0.4, 0.5) is 14.5 Å². The Hall–Kier alpha value is -5.19. The van der Waals surface area contributed by atoms with Gasteiger partial charge in [0, 0.05) is 36.9 Å². The highest BCUT2D eigenvalue weighted by atomic mass is 19.1. The highest BCUT2D eigenvalue weighted by Gasteiger charge is 2.22. The third kappa shape index (κ3) is 6.21. The van der Waals surface area contributed by atoms with Crippen molar-refractivity contribution in [2.45, 2.75) is 6.54 Å². The molecule has 2 N–H and O–H groups in total. The van der Waals surface area contributed by atoms with E-state index in [0.717, 1.165) is 12.4 Å². The number of furan rings is 1. The SMILES string of the molecule is CNC(=O)c1c(-c2ccc(F)cc2)oc2ccc(N(C)/C=C(\N=CC=O)C(=O)NCc3ccc(F)cn3)cc12. The first-order valence-electron chi connectivity index (χ1n) is 11.7. The molecule has 0 atom stereocenters. The van der Waals surface area contributed by atoms with Crippen LogP contribution in [0.25, 0.3) is 22.3 Å². The monoisotopic (exact) mass is 531 g/mol. The standard InChI is InChI=1S/C28H23F2N5O4/c1-31-28(38)25-22-13-21(9-10-24(22)39-26(25)17-3-5-18(29)6-4-17)35(2)16-23(32-11-12-36)27(37)34-15-20-8-7-19(30)14-33-20/h3-14,16H,15H2,1-2H3,(H,31,38)(H,34,37)/b23-16-,32-11?. The number of nitrogens with one attached hydrogen (secondary N) is 2. The number of benzene rings is 2. The lowest BCUT2D eigenvalue weighted by molar-refractivity contribution is -0.117. The zero-order valence-electron chi connectivity index (χ0n) is 20.9. The first-order chi connectivity index (χ1) is 18.8. The number of aldehydes is 1. The lowest BCUT2D eigenvalue weighted by Gasteiger charge is -2.16. The third-order valence-electron chi connectivity index (χ3n) is 5.68. The molecule has 2 aromatic carbocycles. The van der Waals surface area contributed by atoms with Crippen LogP contribution in [0.5, 0.6) is 0 Å². The molecule has 4 rings (SSSR count).